The van der Waals surface area contributed by atoms with Gasteiger partial charge in [0.15, 0.2) is 5.82 Å². The number of hydrogen-bond acceptors (Lipinski definition) is 6. The van der Waals surface area contributed by atoms with Gasteiger partial charge in [0, 0.05) is 41.2 Å². The van der Waals surface area contributed by atoms with Crippen molar-refractivity contribution in [3.05, 3.63) is 60.6 Å². The molecule has 30 heavy (non-hydrogen) atoms. The first-order chi connectivity index (χ1) is 14.7. The second-order valence-corrected chi connectivity index (χ2v) is 8.19. The summed E-state index contributed by atoms with van der Waals surface area (Å²) < 4.78 is 17.9. The van der Waals surface area contributed by atoms with E-state index in [1.807, 2.05) is 29.3 Å². The van der Waals surface area contributed by atoms with Crippen molar-refractivity contribution in [3.63, 3.8) is 0 Å². The van der Waals surface area contributed by atoms with Crippen LogP contribution in [-0.2, 0) is 0 Å². The molecule has 1 N–H and O–H groups in total. The molecule has 4 aromatic rings. The minimum absolute atomic E-state index is 0.255. The summed E-state index contributed by atoms with van der Waals surface area (Å²) in [5, 5.41) is 22.0. The van der Waals surface area contributed by atoms with Gasteiger partial charge in [0.05, 0.1) is 29.5 Å². The van der Waals surface area contributed by atoms with E-state index in [1.165, 1.54) is 24.0 Å². The molecule has 1 fully saturated rings. The van der Waals surface area contributed by atoms with Gasteiger partial charge in [0.2, 0.25) is 0 Å². The van der Waals surface area contributed by atoms with Crippen LogP contribution in [0.2, 0.25) is 0 Å². The average molecular weight is 419 g/mol. The van der Waals surface area contributed by atoms with Crippen LogP contribution in [0.25, 0.3) is 16.6 Å². The van der Waals surface area contributed by atoms with Crippen LogP contribution in [0.5, 0.6) is 0 Å². The molecular formula is C21H18FN7S. The molecule has 1 aliphatic rings. The number of hydrogen-bond donors (Lipinski definition) is 1. The largest absolute Gasteiger partial charge is 0.315 e. The first-order valence-corrected chi connectivity index (χ1v) is 10.5. The molecule has 1 aliphatic heterocycles. The van der Waals surface area contributed by atoms with Gasteiger partial charge in [-0.3, -0.25) is 4.68 Å². The minimum atomic E-state index is -0.401. The lowest BCUT2D eigenvalue weighted by molar-refractivity contribution is 0.347. The highest BCUT2D eigenvalue weighted by Gasteiger charge is 2.18. The van der Waals surface area contributed by atoms with Crippen molar-refractivity contribution < 1.29 is 4.39 Å². The minimum Gasteiger partial charge on any atom is -0.315 e. The van der Waals surface area contributed by atoms with E-state index in [9.17, 15) is 9.65 Å². The topological polar surface area (TPSA) is 83.8 Å². The van der Waals surface area contributed by atoms with E-state index in [4.69, 9.17) is 0 Å². The molecule has 5 heterocycles. The Morgan fingerprint density at radius 3 is 2.97 bits per heavy atom. The Kier molecular flexibility index (Phi) is 4.94. The molecule has 0 saturated carbocycles. The van der Waals surface area contributed by atoms with Crippen LogP contribution < -0.4 is 5.32 Å². The van der Waals surface area contributed by atoms with Crippen molar-refractivity contribution in [1.82, 2.24) is 29.7 Å². The monoisotopic (exact) mass is 419 g/mol. The Hall–Kier alpha value is -3.22. The zero-order valence-corrected chi connectivity index (χ0v) is 16.8. The maximum absolute atomic E-state index is 14.2. The number of piperidine rings is 1. The summed E-state index contributed by atoms with van der Waals surface area (Å²) in [5.41, 5.74) is 2.91. The second-order valence-electron chi connectivity index (χ2n) is 7.16. The van der Waals surface area contributed by atoms with Crippen molar-refractivity contribution in [2.24, 2.45) is 0 Å². The molecule has 0 amide bonds. The number of pyridine rings is 2. The number of nitrogens with one attached hydrogen (secondary N) is 1. The van der Waals surface area contributed by atoms with Crippen molar-refractivity contribution in [2.45, 2.75) is 28.8 Å². The van der Waals surface area contributed by atoms with Gasteiger partial charge >= 0.3 is 0 Å². The maximum Gasteiger partial charge on any atom is 0.155 e. The van der Waals surface area contributed by atoms with Crippen molar-refractivity contribution in [3.8, 4) is 17.2 Å². The highest BCUT2D eigenvalue weighted by molar-refractivity contribution is 7.99. The van der Waals surface area contributed by atoms with E-state index >= 15 is 0 Å². The van der Waals surface area contributed by atoms with E-state index in [-0.39, 0.29) is 5.03 Å². The second kappa shape index (κ2) is 7.89. The Labute approximate surface area is 176 Å². The first-order valence-electron chi connectivity index (χ1n) is 9.68. The smallest absolute Gasteiger partial charge is 0.155 e. The van der Waals surface area contributed by atoms with Crippen LogP contribution in [0.1, 0.15) is 24.4 Å². The maximum atomic E-state index is 14.2. The summed E-state index contributed by atoms with van der Waals surface area (Å²) in [6.07, 6.45) is 11.0. The molecule has 0 radical (unpaired) electrons. The van der Waals surface area contributed by atoms with Gasteiger partial charge in [-0.15, -0.1) is 0 Å². The van der Waals surface area contributed by atoms with Crippen molar-refractivity contribution in [1.29, 1.82) is 5.26 Å². The van der Waals surface area contributed by atoms with Crippen LogP contribution in [0.3, 0.4) is 0 Å². The summed E-state index contributed by atoms with van der Waals surface area (Å²) in [5.74, 6) is -0.401. The van der Waals surface area contributed by atoms with Crippen LogP contribution in [0.4, 0.5) is 4.39 Å². The highest BCUT2D eigenvalue weighted by atomic mass is 32.2. The molecule has 1 atom stereocenters. The number of rotatable bonds is 4. The molecule has 0 bridgehead atoms. The Morgan fingerprint density at radius 1 is 1.23 bits per heavy atom. The summed E-state index contributed by atoms with van der Waals surface area (Å²) in [6, 6.07) is 7.37. The Morgan fingerprint density at radius 2 is 2.17 bits per heavy atom. The quantitative estimate of drug-likeness (QED) is 0.543. The number of fused-ring (bicyclic) bond motifs is 1. The van der Waals surface area contributed by atoms with Gasteiger partial charge in [0.25, 0.3) is 0 Å². The number of nitrogens with zero attached hydrogens (tertiary/aromatic N) is 6. The molecular weight excluding hydrogens is 401 g/mol. The average Bonchev–Trinajstić information content (AvgIpc) is 3.43. The van der Waals surface area contributed by atoms with Crippen LogP contribution in [0, 0.1) is 17.1 Å². The fourth-order valence-electron chi connectivity index (χ4n) is 3.70. The summed E-state index contributed by atoms with van der Waals surface area (Å²) >= 11 is 1.19. The molecule has 0 spiro atoms. The molecule has 0 aromatic carbocycles. The van der Waals surface area contributed by atoms with Gasteiger partial charge in [-0.1, -0.05) is 11.8 Å². The zero-order chi connectivity index (χ0) is 20.5. The van der Waals surface area contributed by atoms with E-state index < -0.39 is 5.82 Å². The van der Waals surface area contributed by atoms with Gasteiger partial charge in [0.1, 0.15) is 11.1 Å². The SMILES string of the molecule is N#Cc1cnn2cc(-c3cnn([C@@H]4CCCNC4)c3)cc(Sc3ncccc3F)c12. The van der Waals surface area contributed by atoms with Crippen LogP contribution in [-0.4, -0.2) is 37.5 Å². The third kappa shape index (κ3) is 3.44. The van der Waals surface area contributed by atoms with E-state index in [0.29, 0.717) is 22.0 Å². The Bertz CT molecular complexity index is 1250. The molecule has 4 aromatic heterocycles. The molecule has 1 saturated heterocycles. The van der Waals surface area contributed by atoms with Gasteiger partial charge in [-0.05, 0) is 37.6 Å². The molecule has 0 aliphatic carbocycles. The molecule has 5 rings (SSSR count). The van der Waals surface area contributed by atoms with Crippen LogP contribution >= 0.6 is 11.8 Å². The standard InChI is InChI=1S/C21H18FN7S/c22-18-4-2-6-25-21(18)30-19-7-14(12-29-20(19)15(8-23)9-27-29)16-10-26-28(13-16)17-3-1-5-24-11-17/h2,4,6-7,9-10,12-13,17,24H,1,3,5,11H2/t17-/m1/s1. The summed E-state index contributed by atoms with van der Waals surface area (Å²) in [7, 11) is 0. The predicted molar refractivity (Wildman–Crippen MR) is 111 cm³/mol. The van der Waals surface area contributed by atoms with Crippen LogP contribution in [0.15, 0.2) is 59.1 Å². The van der Waals surface area contributed by atoms with Gasteiger partial charge < -0.3 is 5.32 Å². The number of nitriles is 1. The zero-order valence-electron chi connectivity index (χ0n) is 16.0. The van der Waals surface area contributed by atoms with Gasteiger partial charge in [-0.25, -0.2) is 13.9 Å². The van der Waals surface area contributed by atoms with Crippen molar-refractivity contribution in [2.75, 3.05) is 13.1 Å². The molecule has 0 unspecified atom stereocenters. The number of halogens is 1. The third-order valence-corrected chi connectivity index (χ3v) is 6.23. The molecule has 9 heteroatoms. The van der Waals surface area contributed by atoms with Gasteiger partial charge in [-0.2, -0.15) is 15.5 Å². The van der Waals surface area contributed by atoms with E-state index in [1.54, 1.807) is 16.8 Å². The van der Waals surface area contributed by atoms with Crippen molar-refractivity contribution >= 4 is 17.3 Å². The lowest BCUT2D eigenvalue weighted by atomic mass is 10.1. The lowest BCUT2D eigenvalue weighted by Crippen LogP contribution is -2.31. The fourth-order valence-corrected chi connectivity index (χ4v) is 4.67. The highest BCUT2D eigenvalue weighted by Crippen LogP contribution is 2.36. The summed E-state index contributed by atoms with van der Waals surface area (Å²) in [6.45, 7) is 1.96. The van der Waals surface area contributed by atoms with E-state index in [2.05, 4.69) is 26.6 Å². The summed E-state index contributed by atoms with van der Waals surface area (Å²) in [4.78, 5) is 4.85. The van der Waals surface area contributed by atoms with E-state index in [0.717, 1.165) is 37.1 Å². The predicted octanol–water partition coefficient (Wildman–Crippen LogP) is 3.68. The molecule has 7 nitrogen and oxygen atoms in total. The molecule has 150 valence electrons. The third-order valence-electron chi connectivity index (χ3n) is 5.21. The Balaban J connectivity index is 1.58. The first kappa shape index (κ1) is 18.8. The normalized spacial score (nSPS) is 16.6. The lowest BCUT2D eigenvalue weighted by Gasteiger charge is -2.22. The number of aromatic nitrogens is 5. The fraction of sp³-hybridized carbons (Fsp3) is 0.238.